The Morgan fingerprint density at radius 2 is 1.92 bits per heavy atom. The number of hydrogen-bond acceptors (Lipinski definition) is 6. The Morgan fingerprint density at radius 1 is 1.19 bits per heavy atom. The molecule has 134 valence electrons. The van der Waals surface area contributed by atoms with Crippen LogP contribution < -0.4 is 16.6 Å². The molecule has 10 nitrogen and oxygen atoms in total. The highest BCUT2D eigenvalue weighted by atomic mass is 19.2. The summed E-state index contributed by atoms with van der Waals surface area (Å²) in [6.07, 6.45) is 1.31. The Kier molecular flexibility index (Phi) is 4.16. The molecule has 0 aliphatic heterocycles. The summed E-state index contributed by atoms with van der Waals surface area (Å²) in [5, 5.41) is 13.1. The lowest BCUT2D eigenvalue weighted by molar-refractivity contribution is 0.101. The quantitative estimate of drug-likeness (QED) is 0.676. The molecule has 0 fully saturated rings. The minimum absolute atomic E-state index is 0.0218. The molecule has 3 rings (SSSR count). The minimum Gasteiger partial charge on any atom is -0.303 e. The van der Waals surface area contributed by atoms with Gasteiger partial charge in [0.2, 0.25) is 11.6 Å². The number of hydrogen-bond donors (Lipinski definition) is 1. The monoisotopic (exact) mass is 363 g/mol. The van der Waals surface area contributed by atoms with Crippen molar-refractivity contribution in [1.82, 2.24) is 29.1 Å². The Morgan fingerprint density at radius 3 is 2.58 bits per heavy atom. The molecule has 1 aromatic carbocycles. The molecule has 0 aliphatic rings. The number of benzene rings is 1. The van der Waals surface area contributed by atoms with E-state index in [2.05, 4.69) is 20.6 Å². The lowest BCUT2D eigenvalue weighted by Gasteiger charge is -2.10. The van der Waals surface area contributed by atoms with Gasteiger partial charge >= 0.3 is 5.69 Å². The van der Waals surface area contributed by atoms with Crippen molar-refractivity contribution in [2.45, 2.75) is 0 Å². The van der Waals surface area contributed by atoms with Gasteiger partial charge in [-0.1, -0.05) is 6.07 Å². The maximum absolute atomic E-state index is 14.0. The van der Waals surface area contributed by atoms with E-state index < -0.39 is 40.2 Å². The number of amides is 1. The number of rotatable bonds is 3. The van der Waals surface area contributed by atoms with E-state index in [1.165, 1.54) is 10.9 Å². The van der Waals surface area contributed by atoms with Crippen LogP contribution in [0.3, 0.4) is 0 Å². The molecular formula is C14H11F2N7O3. The fourth-order valence-electron chi connectivity index (χ4n) is 2.15. The Labute approximate surface area is 143 Å². The minimum atomic E-state index is -1.41. The van der Waals surface area contributed by atoms with Crippen molar-refractivity contribution in [2.24, 2.45) is 14.1 Å². The normalized spacial score (nSPS) is 10.8. The highest BCUT2D eigenvalue weighted by Gasteiger charge is 2.23. The Balaban J connectivity index is 2.18. The summed E-state index contributed by atoms with van der Waals surface area (Å²) in [5.41, 5.74) is -3.60. The third-order valence-electron chi connectivity index (χ3n) is 3.45. The number of nitrogens with one attached hydrogen (secondary N) is 1. The zero-order chi connectivity index (χ0) is 19.0. The number of carbonyl (C=O) groups is 1. The smallest absolute Gasteiger partial charge is 0.303 e. The van der Waals surface area contributed by atoms with Crippen LogP contribution >= 0.6 is 0 Å². The summed E-state index contributed by atoms with van der Waals surface area (Å²) in [6.45, 7) is 0. The molecular weight excluding hydrogens is 352 g/mol. The maximum Gasteiger partial charge on any atom is 0.351 e. The van der Waals surface area contributed by atoms with Gasteiger partial charge in [0.25, 0.3) is 11.5 Å². The van der Waals surface area contributed by atoms with Crippen LogP contribution in [0.25, 0.3) is 5.69 Å². The predicted molar refractivity (Wildman–Crippen MR) is 83.9 cm³/mol. The SMILES string of the molecule is Cn1cnnc1NC(=O)c1nn(C)c(=O)n(-c2cccc(F)c2F)c1=O. The Bertz CT molecular complexity index is 1130. The molecule has 0 saturated heterocycles. The van der Waals surface area contributed by atoms with Crippen LogP contribution in [-0.2, 0) is 14.1 Å². The highest BCUT2D eigenvalue weighted by molar-refractivity contribution is 6.01. The van der Waals surface area contributed by atoms with Crippen LogP contribution in [0, 0.1) is 11.6 Å². The van der Waals surface area contributed by atoms with Crippen molar-refractivity contribution < 1.29 is 13.6 Å². The lowest BCUT2D eigenvalue weighted by atomic mass is 10.3. The zero-order valence-electron chi connectivity index (χ0n) is 13.5. The average molecular weight is 363 g/mol. The molecule has 0 atom stereocenters. The lowest BCUT2D eigenvalue weighted by Crippen LogP contribution is -2.44. The molecule has 2 heterocycles. The first-order valence-corrected chi connectivity index (χ1v) is 7.11. The fraction of sp³-hybridized carbons (Fsp3) is 0.143. The van der Waals surface area contributed by atoms with Gasteiger partial charge < -0.3 is 4.57 Å². The molecule has 0 aliphatic carbocycles. The van der Waals surface area contributed by atoms with Crippen LogP contribution in [0.5, 0.6) is 0 Å². The van der Waals surface area contributed by atoms with E-state index in [1.54, 1.807) is 7.05 Å². The molecule has 1 N–H and O–H groups in total. The average Bonchev–Trinajstić information content (AvgIpc) is 2.99. The number of aromatic nitrogens is 6. The van der Waals surface area contributed by atoms with E-state index in [9.17, 15) is 23.2 Å². The van der Waals surface area contributed by atoms with E-state index in [1.807, 2.05) is 0 Å². The van der Waals surface area contributed by atoms with E-state index in [0.717, 1.165) is 25.2 Å². The summed E-state index contributed by atoms with van der Waals surface area (Å²) in [7, 11) is 2.71. The van der Waals surface area contributed by atoms with Crippen molar-refractivity contribution in [3.63, 3.8) is 0 Å². The van der Waals surface area contributed by atoms with Crippen molar-refractivity contribution >= 4 is 11.9 Å². The molecule has 0 bridgehead atoms. The van der Waals surface area contributed by atoms with Crippen molar-refractivity contribution in [3.05, 3.63) is 62.7 Å². The van der Waals surface area contributed by atoms with Crippen LogP contribution in [0.4, 0.5) is 14.7 Å². The number of halogens is 2. The second-order valence-corrected chi connectivity index (χ2v) is 5.19. The topological polar surface area (TPSA) is 117 Å². The molecule has 0 radical (unpaired) electrons. The molecule has 2 aromatic heterocycles. The number of aryl methyl sites for hydroxylation is 2. The van der Waals surface area contributed by atoms with Gasteiger partial charge in [0.15, 0.2) is 11.6 Å². The van der Waals surface area contributed by atoms with E-state index in [-0.39, 0.29) is 5.95 Å². The van der Waals surface area contributed by atoms with Gasteiger partial charge in [-0.25, -0.2) is 22.8 Å². The summed E-state index contributed by atoms with van der Waals surface area (Å²) >= 11 is 0. The van der Waals surface area contributed by atoms with E-state index in [4.69, 9.17) is 0 Å². The fourth-order valence-corrected chi connectivity index (χ4v) is 2.15. The summed E-state index contributed by atoms with van der Waals surface area (Å²) < 4.78 is 29.9. The number of anilines is 1. The maximum atomic E-state index is 14.0. The van der Waals surface area contributed by atoms with Crippen LogP contribution in [0.2, 0.25) is 0 Å². The molecule has 0 unspecified atom stereocenters. The first kappa shape index (κ1) is 17.1. The number of carbonyl (C=O) groups excluding carboxylic acids is 1. The number of nitrogens with zero attached hydrogens (tertiary/aromatic N) is 6. The van der Waals surface area contributed by atoms with Gasteiger partial charge in [-0.2, -0.15) is 5.10 Å². The molecule has 26 heavy (non-hydrogen) atoms. The molecule has 12 heteroatoms. The zero-order valence-corrected chi connectivity index (χ0v) is 13.5. The second kappa shape index (κ2) is 6.31. The first-order valence-electron chi connectivity index (χ1n) is 7.11. The third kappa shape index (κ3) is 2.76. The third-order valence-corrected chi connectivity index (χ3v) is 3.45. The largest absolute Gasteiger partial charge is 0.351 e. The summed E-state index contributed by atoms with van der Waals surface area (Å²) in [5.74, 6) is -3.63. The van der Waals surface area contributed by atoms with Gasteiger partial charge in [-0.05, 0) is 12.1 Å². The van der Waals surface area contributed by atoms with E-state index >= 15 is 0 Å². The summed E-state index contributed by atoms with van der Waals surface area (Å²) in [6, 6.07) is 2.99. The molecule has 0 spiro atoms. The summed E-state index contributed by atoms with van der Waals surface area (Å²) in [4.78, 5) is 37.1. The standard InChI is InChI=1S/C14H11F2N7O3/c1-21-6-17-19-13(21)18-11(24)10-12(25)23(14(26)22(2)20-10)8-5-3-4-7(15)9(8)16/h3-6H,1-2H3,(H,18,19,24). The highest BCUT2D eigenvalue weighted by Crippen LogP contribution is 2.13. The van der Waals surface area contributed by atoms with Gasteiger partial charge in [0.05, 0.1) is 5.69 Å². The van der Waals surface area contributed by atoms with Gasteiger partial charge in [0, 0.05) is 14.1 Å². The van der Waals surface area contributed by atoms with Gasteiger partial charge in [0.1, 0.15) is 6.33 Å². The van der Waals surface area contributed by atoms with Crippen molar-refractivity contribution in [1.29, 1.82) is 0 Å². The molecule has 0 saturated carbocycles. The predicted octanol–water partition coefficient (Wildman–Crippen LogP) is -0.410. The van der Waals surface area contributed by atoms with Crippen LogP contribution in [0.15, 0.2) is 34.1 Å². The van der Waals surface area contributed by atoms with Crippen LogP contribution in [0.1, 0.15) is 10.5 Å². The van der Waals surface area contributed by atoms with E-state index in [0.29, 0.717) is 9.25 Å². The van der Waals surface area contributed by atoms with Gasteiger partial charge in [-0.15, -0.1) is 10.2 Å². The van der Waals surface area contributed by atoms with Crippen molar-refractivity contribution in [2.75, 3.05) is 5.32 Å². The second-order valence-electron chi connectivity index (χ2n) is 5.19. The van der Waals surface area contributed by atoms with Gasteiger partial charge in [-0.3, -0.25) is 14.9 Å². The molecule has 1 amide bonds. The Hall–Kier alpha value is -3.70. The van der Waals surface area contributed by atoms with Crippen molar-refractivity contribution in [3.8, 4) is 5.69 Å². The molecule has 3 aromatic rings. The first-order chi connectivity index (χ1) is 12.3. The van der Waals surface area contributed by atoms with Crippen LogP contribution in [-0.4, -0.2) is 35.0 Å².